The van der Waals surface area contributed by atoms with Gasteiger partial charge in [-0.1, -0.05) is 20.4 Å². The van der Waals surface area contributed by atoms with E-state index in [1.165, 1.54) is 12.4 Å². The van der Waals surface area contributed by atoms with Crippen LogP contribution < -0.4 is 20.3 Å². The fourth-order valence-corrected chi connectivity index (χ4v) is 3.66. The van der Waals surface area contributed by atoms with Gasteiger partial charge in [-0.2, -0.15) is 5.10 Å². The molecule has 0 aliphatic carbocycles. The second-order valence-corrected chi connectivity index (χ2v) is 7.80. The maximum absolute atomic E-state index is 6.95. The van der Waals surface area contributed by atoms with Gasteiger partial charge in [-0.3, -0.25) is 5.10 Å². The first kappa shape index (κ1) is 20.6. The Morgan fingerprint density at radius 3 is 2.81 bits per heavy atom. The summed E-state index contributed by atoms with van der Waals surface area (Å²) < 4.78 is 5.70. The van der Waals surface area contributed by atoms with E-state index in [0.29, 0.717) is 23.6 Å². The number of benzene rings is 1. The third-order valence-electron chi connectivity index (χ3n) is 5.44. The number of rotatable bonds is 6. The van der Waals surface area contributed by atoms with Crippen molar-refractivity contribution in [2.24, 2.45) is 5.92 Å². The molecule has 0 amide bonds. The number of nitrogens with zero attached hydrogens (tertiary/aromatic N) is 5. The third-order valence-corrected chi connectivity index (χ3v) is 5.44. The van der Waals surface area contributed by atoms with E-state index in [0.717, 1.165) is 42.3 Å². The lowest BCUT2D eigenvalue weighted by Gasteiger charge is -2.37. The van der Waals surface area contributed by atoms with E-state index in [4.69, 9.17) is 11.3 Å². The molecule has 3 N–H and O–H groups in total. The summed E-state index contributed by atoms with van der Waals surface area (Å²) in [6, 6.07) is 8.64. The van der Waals surface area contributed by atoms with Crippen molar-refractivity contribution in [3.8, 4) is 17.0 Å². The minimum atomic E-state index is 0.252. The van der Waals surface area contributed by atoms with Crippen LogP contribution in [0.4, 0.5) is 23.1 Å². The number of aromatic nitrogens is 4. The Morgan fingerprint density at radius 1 is 1.23 bits per heavy atom. The SMILES string of the molecule is [C-]#[N+]c1cnc(Nc2cc(-c3ccc(N4CCN[C@@H](C(C)C)C4)cc3OC)[nH]n2)cn1. The molecule has 160 valence electrons. The fourth-order valence-electron chi connectivity index (χ4n) is 3.66. The number of hydrogen-bond donors (Lipinski definition) is 3. The predicted octanol–water partition coefficient (Wildman–Crippen LogP) is 3.60. The third kappa shape index (κ3) is 4.59. The molecule has 0 unspecified atom stereocenters. The van der Waals surface area contributed by atoms with Crippen molar-refractivity contribution in [2.45, 2.75) is 19.9 Å². The smallest absolute Gasteiger partial charge is 0.288 e. The molecule has 9 nitrogen and oxygen atoms in total. The maximum atomic E-state index is 6.95. The zero-order valence-corrected chi connectivity index (χ0v) is 17.9. The number of methoxy groups -OCH3 is 1. The molecule has 1 saturated heterocycles. The zero-order valence-electron chi connectivity index (χ0n) is 17.9. The molecule has 4 rings (SSSR count). The lowest BCUT2D eigenvalue weighted by Crippen LogP contribution is -2.52. The predicted molar refractivity (Wildman–Crippen MR) is 121 cm³/mol. The van der Waals surface area contributed by atoms with Crippen molar-refractivity contribution >= 4 is 23.1 Å². The van der Waals surface area contributed by atoms with Crippen LogP contribution >= 0.6 is 0 Å². The Morgan fingerprint density at radius 2 is 2.10 bits per heavy atom. The molecule has 9 heteroatoms. The van der Waals surface area contributed by atoms with Crippen LogP contribution in [0.2, 0.25) is 0 Å². The van der Waals surface area contributed by atoms with Gasteiger partial charge in [0, 0.05) is 49.1 Å². The highest BCUT2D eigenvalue weighted by atomic mass is 16.5. The van der Waals surface area contributed by atoms with Gasteiger partial charge >= 0.3 is 0 Å². The van der Waals surface area contributed by atoms with E-state index >= 15 is 0 Å². The van der Waals surface area contributed by atoms with E-state index in [9.17, 15) is 0 Å². The monoisotopic (exact) mass is 418 g/mol. The van der Waals surface area contributed by atoms with Crippen molar-refractivity contribution in [3.63, 3.8) is 0 Å². The van der Waals surface area contributed by atoms with E-state index in [1.54, 1.807) is 7.11 Å². The molecule has 0 spiro atoms. The van der Waals surface area contributed by atoms with Gasteiger partial charge in [0.1, 0.15) is 5.75 Å². The Hall–Kier alpha value is -3.64. The van der Waals surface area contributed by atoms with Crippen LogP contribution in [0.5, 0.6) is 5.75 Å². The summed E-state index contributed by atoms with van der Waals surface area (Å²) >= 11 is 0. The lowest BCUT2D eigenvalue weighted by atomic mass is 10.0. The number of piperazine rings is 1. The number of hydrogen-bond acceptors (Lipinski definition) is 7. The lowest BCUT2D eigenvalue weighted by molar-refractivity contribution is 0.368. The van der Waals surface area contributed by atoms with Crippen LogP contribution in [-0.4, -0.2) is 53.0 Å². The van der Waals surface area contributed by atoms with Gasteiger partial charge in [-0.15, -0.1) is 4.98 Å². The van der Waals surface area contributed by atoms with Crippen molar-refractivity contribution in [3.05, 3.63) is 48.1 Å². The molecule has 1 aromatic carbocycles. The van der Waals surface area contributed by atoms with Gasteiger partial charge in [0.2, 0.25) is 0 Å². The number of aromatic amines is 1. The topological polar surface area (TPSA) is 95.3 Å². The highest BCUT2D eigenvalue weighted by Gasteiger charge is 2.23. The van der Waals surface area contributed by atoms with Crippen LogP contribution in [-0.2, 0) is 0 Å². The van der Waals surface area contributed by atoms with E-state index < -0.39 is 0 Å². The van der Waals surface area contributed by atoms with Gasteiger partial charge in [0.15, 0.2) is 17.8 Å². The molecule has 1 atom stereocenters. The largest absolute Gasteiger partial charge is 0.496 e. The van der Waals surface area contributed by atoms with Gasteiger partial charge in [-0.25, -0.2) is 4.98 Å². The molecule has 0 radical (unpaired) electrons. The molecule has 0 saturated carbocycles. The molecular weight excluding hydrogens is 392 g/mol. The first-order chi connectivity index (χ1) is 15.1. The molecule has 31 heavy (non-hydrogen) atoms. The summed E-state index contributed by atoms with van der Waals surface area (Å²) in [7, 11) is 1.68. The number of anilines is 3. The summed E-state index contributed by atoms with van der Waals surface area (Å²) in [4.78, 5) is 13.8. The normalized spacial score (nSPS) is 16.2. The second kappa shape index (κ2) is 9.02. The van der Waals surface area contributed by atoms with E-state index in [1.807, 2.05) is 6.07 Å². The summed E-state index contributed by atoms with van der Waals surface area (Å²) in [5.74, 6) is 2.75. The van der Waals surface area contributed by atoms with Crippen LogP contribution in [0.1, 0.15) is 13.8 Å². The minimum absolute atomic E-state index is 0.252. The second-order valence-electron chi connectivity index (χ2n) is 7.80. The molecular formula is C22H26N8O. The Bertz CT molecular complexity index is 1070. The molecule has 3 heterocycles. The number of nitrogens with one attached hydrogen (secondary N) is 3. The molecule has 2 aromatic heterocycles. The van der Waals surface area contributed by atoms with Crippen molar-refractivity contribution in [1.82, 2.24) is 25.5 Å². The first-order valence-electron chi connectivity index (χ1n) is 10.3. The van der Waals surface area contributed by atoms with Crippen molar-refractivity contribution in [1.29, 1.82) is 0 Å². The van der Waals surface area contributed by atoms with E-state index in [-0.39, 0.29) is 5.82 Å². The minimum Gasteiger partial charge on any atom is -0.496 e. The highest BCUT2D eigenvalue weighted by molar-refractivity contribution is 5.73. The van der Waals surface area contributed by atoms with Crippen LogP contribution in [0, 0.1) is 12.5 Å². The standard InChI is InChI=1S/C22H26N8O/c1-14(2)18-13-30(8-7-24-18)15-5-6-16(19(9-15)31-4)17-10-20(29-28-17)27-22-12-25-21(23-3)11-26-22/h5-6,9-12,14,18,24H,7-8,13H2,1-2,4H3,(H2,26,27,28,29)/t18-/m1/s1. The summed E-state index contributed by atoms with van der Waals surface area (Å²) in [5, 5.41) is 14.0. The van der Waals surface area contributed by atoms with Crippen LogP contribution in [0.3, 0.4) is 0 Å². The summed E-state index contributed by atoms with van der Waals surface area (Å²) in [6.45, 7) is 14.4. The van der Waals surface area contributed by atoms with Gasteiger partial charge in [-0.05, 0) is 18.1 Å². The van der Waals surface area contributed by atoms with Crippen LogP contribution in [0.15, 0.2) is 36.7 Å². The van der Waals surface area contributed by atoms with Gasteiger partial charge in [0.05, 0.1) is 19.0 Å². The highest BCUT2D eigenvalue weighted by Crippen LogP contribution is 2.34. The van der Waals surface area contributed by atoms with Crippen molar-refractivity contribution < 1.29 is 4.74 Å². The Kier molecular flexibility index (Phi) is 6.00. The fraction of sp³-hybridized carbons (Fsp3) is 0.364. The quantitative estimate of drug-likeness (QED) is 0.527. The molecule has 1 fully saturated rings. The molecule has 3 aromatic rings. The van der Waals surface area contributed by atoms with Gasteiger partial charge < -0.3 is 25.1 Å². The molecule has 1 aliphatic rings. The summed E-state index contributed by atoms with van der Waals surface area (Å²) in [5.41, 5.74) is 2.91. The Labute approximate surface area is 181 Å². The van der Waals surface area contributed by atoms with Crippen LogP contribution in [0.25, 0.3) is 16.1 Å². The summed E-state index contributed by atoms with van der Waals surface area (Å²) in [6.07, 6.45) is 2.93. The van der Waals surface area contributed by atoms with Crippen molar-refractivity contribution in [2.75, 3.05) is 37.0 Å². The molecule has 0 bridgehead atoms. The average molecular weight is 419 g/mol. The zero-order chi connectivity index (χ0) is 21.8. The maximum Gasteiger partial charge on any atom is 0.288 e. The number of ether oxygens (including phenoxy) is 1. The van der Waals surface area contributed by atoms with Gasteiger partial charge in [0.25, 0.3) is 5.82 Å². The Balaban J connectivity index is 1.52. The molecule has 1 aliphatic heterocycles. The first-order valence-corrected chi connectivity index (χ1v) is 10.3. The average Bonchev–Trinajstić information content (AvgIpc) is 3.27. The number of H-pyrrole nitrogens is 1. The van der Waals surface area contributed by atoms with E-state index in [2.05, 4.69) is 72.6 Å².